The molecule has 5 nitrogen and oxygen atoms in total. The van der Waals surface area contributed by atoms with Crippen LogP contribution in [0.3, 0.4) is 0 Å². The minimum atomic E-state index is -5.01. The first-order valence-corrected chi connectivity index (χ1v) is 7.06. The van der Waals surface area contributed by atoms with Gasteiger partial charge in [0.1, 0.15) is 0 Å². The van der Waals surface area contributed by atoms with E-state index in [-0.39, 0.29) is 29.3 Å². The van der Waals surface area contributed by atoms with Gasteiger partial charge < -0.3 is 0 Å². The van der Waals surface area contributed by atoms with Crippen LogP contribution in [0, 0.1) is 17.0 Å². The number of fused-ring (bicyclic) bond motifs is 1. The SMILES string of the molecule is Cc1cc2c(cc1[N+](=O)[O-])C(C)CC(C)(C)N2C(=O)C(F)(F)F. The van der Waals surface area contributed by atoms with Gasteiger partial charge in [-0.1, -0.05) is 6.92 Å². The number of rotatable bonds is 1. The van der Waals surface area contributed by atoms with Crippen LogP contribution >= 0.6 is 0 Å². The first kappa shape index (κ1) is 17.2. The molecular formula is C15H17F3N2O3. The number of anilines is 1. The molecule has 0 aliphatic carbocycles. The van der Waals surface area contributed by atoms with Gasteiger partial charge in [0.15, 0.2) is 0 Å². The van der Waals surface area contributed by atoms with E-state index in [0.29, 0.717) is 5.56 Å². The normalized spacial score (nSPS) is 20.1. The van der Waals surface area contributed by atoms with Crippen molar-refractivity contribution in [2.24, 2.45) is 0 Å². The van der Waals surface area contributed by atoms with Crippen molar-refractivity contribution in [3.8, 4) is 0 Å². The second kappa shape index (κ2) is 5.21. The molecule has 0 N–H and O–H groups in total. The Morgan fingerprint density at radius 1 is 1.39 bits per heavy atom. The van der Waals surface area contributed by atoms with Gasteiger partial charge in [-0.2, -0.15) is 13.2 Å². The fraction of sp³-hybridized carbons (Fsp3) is 0.533. The summed E-state index contributed by atoms with van der Waals surface area (Å²) in [6.07, 6.45) is -4.73. The Kier molecular flexibility index (Phi) is 3.90. The van der Waals surface area contributed by atoms with Gasteiger partial charge >= 0.3 is 12.1 Å². The number of nitro benzene ring substituents is 1. The van der Waals surface area contributed by atoms with Crippen LogP contribution in [0.15, 0.2) is 12.1 Å². The number of hydrogen-bond donors (Lipinski definition) is 0. The molecule has 1 aliphatic rings. The zero-order valence-electron chi connectivity index (χ0n) is 13.2. The molecule has 0 radical (unpaired) electrons. The highest BCUT2D eigenvalue weighted by Crippen LogP contribution is 2.46. The molecule has 1 aliphatic heterocycles. The maximum atomic E-state index is 13.0. The van der Waals surface area contributed by atoms with Crippen molar-refractivity contribution < 1.29 is 22.9 Å². The summed E-state index contributed by atoms with van der Waals surface area (Å²) < 4.78 is 38.9. The minimum Gasteiger partial charge on any atom is -0.299 e. The van der Waals surface area contributed by atoms with Gasteiger partial charge in [-0.25, -0.2) is 0 Å². The summed E-state index contributed by atoms with van der Waals surface area (Å²) in [5, 5.41) is 11.1. The third kappa shape index (κ3) is 2.89. The van der Waals surface area contributed by atoms with Crippen molar-refractivity contribution in [3.05, 3.63) is 33.4 Å². The Balaban J connectivity index is 2.71. The molecule has 8 heteroatoms. The molecule has 0 fully saturated rings. The van der Waals surface area contributed by atoms with Crippen molar-refractivity contribution >= 4 is 17.3 Å². The van der Waals surface area contributed by atoms with Crippen LogP contribution in [0.5, 0.6) is 0 Å². The lowest BCUT2D eigenvalue weighted by Crippen LogP contribution is -2.55. The average molecular weight is 330 g/mol. The van der Waals surface area contributed by atoms with E-state index < -0.39 is 22.5 Å². The first-order chi connectivity index (χ1) is 10.4. The zero-order valence-corrected chi connectivity index (χ0v) is 13.2. The van der Waals surface area contributed by atoms with E-state index in [1.165, 1.54) is 19.1 Å². The maximum absolute atomic E-state index is 13.0. The fourth-order valence-corrected chi connectivity index (χ4v) is 3.27. The number of benzene rings is 1. The Bertz CT molecular complexity index is 683. The molecular weight excluding hydrogens is 313 g/mol. The number of carbonyl (C=O) groups excluding carboxylic acids is 1. The first-order valence-electron chi connectivity index (χ1n) is 7.06. The fourth-order valence-electron chi connectivity index (χ4n) is 3.27. The Hall–Kier alpha value is -2.12. The van der Waals surface area contributed by atoms with Crippen LogP contribution in [0.25, 0.3) is 0 Å². The molecule has 1 aromatic carbocycles. The molecule has 126 valence electrons. The van der Waals surface area contributed by atoms with Crippen LogP contribution in [0.2, 0.25) is 0 Å². The Labute approximate surface area is 131 Å². The van der Waals surface area contributed by atoms with Crippen LogP contribution in [-0.4, -0.2) is 22.5 Å². The van der Waals surface area contributed by atoms with Crippen LogP contribution in [0.4, 0.5) is 24.5 Å². The highest BCUT2D eigenvalue weighted by Gasteiger charge is 2.50. The largest absolute Gasteiger partial charge is 0.471 e. The lowest BCUT2D eigenvalue weighted by Gasteiger charge is -2.46. The van der Waals surface area contributed by atoms with Gasteiger partial charge in [-0.05, 0) is 44.7 Å². The van der Waals surface area contributed by atoms with E-state index in [9.17, 15) is 28.1 Å². The molecule has 1 heterocycles. The van der Waals surface area contributed by atoms with Gasteiger partial charge in [-0.3, -0.25) is 19.8 Å². The predicted molar refractivity (Wildman–Crippen MR) is 78.5 cm³/mol. The molecule has 23 heavy (non-hydrogen) atoms. The van der Waals surface area contributed by atoms with Crippen molar-refractivity contribution in [2.45, 2.75) is 51.7 Å². The van der Waals surface area contributed by atoms with Gasteiger partial charge in [0.2, 0.25) is 0 Å². The van der Waals surface area contributed by atoms with E-state index in [2.05, 4.69) is 0 Å². The van der Waals surface area contributed by atoms with Crippen molar-refractivity contribution in [3.63, 3.8) is 0 Å². The topological polar surface area (TPSA) is 63.5 Å². The number of amides is 1. The van der Waals surface area contributed by atoms with Gasteiger partial charge in [-0.15, -0.1) is 0 Å². The third-order valence-corrected chi connectivity index (χ3v) is 4.17. The number of carbonyl (C=O) groups is 1. The Morgan fingerprint density at radius 3 is 2.43 bits per heavy atom. The lowest BCUT2D eigenvalue weighted by molar-refractivity contribution is -0.385. The summed E-state index contributed by atoms with van der Waals surface area (Å²) in [4.78, 5) is 23.1. The van der Waals surface area contributed by atoms with E-state index in [4.69, 9.17) is 0 Å². The molecule has 0 aromatic heterocycles. The van der Waals surface area contributed by atoms with E-state index in [1.54, 1.807) is 20.8 Å². The minimum absolute atomic E-state index is 0.0965. The summed E-state index contributed by atoms with van der Waals surface area (Å²) in [7, 11) is 0. The highest BCUT2D eigenvalue weighted by atomic mass is 19.4. The molecule has 1 aromatic rings. The molecule has 1 atom stereocenters. The molecule has 0 spiro atoms. The van der Waals surface area contributed by atoms with E-state index in [1.807, 2.05) is 0 Å². The van der Waals surface area contributed by atoms with Gasteiger partial charge in [0, 0.05) is 22.9 Å². The number of nitrogens with zero attached hydrogens (tertiary/aromatic N) is 2. The number of alkyl halides is 3. The highest BCUT2D eigenvalue weighted by molar-refractivity contribution is 6.00. The van der Waals surface area contributed by atoms with Crippen molar-refractivity contribution in [2.75, 3.05) is 4.90 Å². The number of nitro groups is 1. The maximum Gasteiger partial charge on any atom is 0.471 e. The summed E-state index contributed by atoms with van der Waals surface area (Å²) in [6, 6.07) is 2.58. The summed E-state index contributed by atoms with van der Waals surface area (Å²) in [5.74, 6) is -2.15. The summed E-state index contributed by atoms with van der Waals surface area (Å²) in [6.45, 7) is 6.36. The smallest absolute Gasteiger partial charge is 0.299 e. The molecule has 2 rings (SSSR count). The Morgan fingerprint density at radius 2 is 1.96 bits per heavy atom. The molecule has 1 amide bonds. The van der Waals surface area contributed by atoms with Crippen LogP contribution < -0.4 is 4.90 Å². The number of halogens is 3. The molecule has 1 unspecified atom stereocenters. The second-order valence-corrected chi connectivity index (χ2v) is 6.51. The van der Waals surface area contributed by atoms with E-state index in [0.717, 1.165) is 4.90 Å². The average Bonchev–Trinajstić information content (AvgIpc) is 2.35. The standard InChI is InChI=1S/C15H17F3N2O3/c1-8-5-12-10(6-11(8)20(22)23)9(2)7-14(3,4)19(12)13(21)15(16,17)18/h5-6,9H,7H2,1-4H3. The summed E-state index contributed by atoms with van der Waals surface area (Å²) in [5.41, 5.74) is -0.492. The predicted octanol–water partition coefficient (Wildman–Crippen LogP) is 4.08. The molecule has 0 saturated heterocycles. The van der Waals surface area contributed by atoms with E-state index >= 15 is 0 Å². The molecule has 0 bridgehead atoms. The quantitative estimate of drug-likeness (QED) is 0.575. The lowest BCUT2D eigenvalue weighted by atomic mass is 9.79. The number of aryl methyl sites for hydroxylation is 1. The van der Waals surface area contributed by atoms with Gasteiger partial charge in [0.25, 0.3) is 5.69 Å². The van der Waals surface area contributed by atoms with Crippen LogP contribution in [0.1, 0.15) is 44.2 Å². The number of hydrogen-bond acceptors (Lipinski definition) is 3. The van der Waals surface area contributed by atoms with Gasteiger partial charge in [0.05, 0.1) is 4.92 Å². The van der Waals surface area contributed by atoms with Crippen molar-refractivity contribution in [1.82, 2.24) is 0 Å². The monoisotopic (exact) mass is 330 g/mol. The summed E-state index contributed by atoms with van der Waals surface area (Å²) >= 11 is 0. The zero-order chi connectivity index (χ0) is 17.7. The second-order valence-electron chi connectivity index (χ2n) is 6.51. The van der Waals surface area contributed by atoms with Crippen LogP contribution in [-0.2, 0) is 4.79 Å². The van der Waals surface area contributed by atoms with Crippen molar-refractivity contribution in [1.29, 1.82) is 0 Å². The molecule has 0 saturated carbocycles. The third-order valence-electron chi connectivity index (χ3n) is 4.17.